The van der Waals surface area contributed by atoms with Gasteiger partial charge in [-0.15, -0.1) is 0 Å². The fourth-order valence-corrected chi connectivity index (χ4v) is 5.46. The summed E-state index contributed by atoms with van der Waals surface area (Å²) >= 11 is 0. The molecule has 0 radical (unpaired) electrons. The smallest absolute Gasteiger partial charge is 0.264 e. The minimum Gasteiger partial charge on any atom is -0.367 e. The Morgan fingerprint density at radius 3 is 2.44 bits per heavy atom. The Labute approximate surface area is 237 Å². The Balaban J connectivity index is 1.77. The Morgan fingerprint density at radius 1 is 1.12 bits per heavy atom. The summed E-state index contributed by atoms with van der Waals surface area (Å²) in [5.74, 6) is -1.39. The van der Waals surface area contributed by atoms with Gasteiger partial charge in [-0.25, -0.2) is 13.2 Å². The zero-order chi connectivity index (χ0) is 29.7. The highest BCUT2D eigenvalue weighted by molar-refractivity contribution is 6.07. The van der Waals surface area contributed by atoms with Gasteiger partial charge in [0.1, 0.15) is 5.82 Å². The Hall–Kier alpha value is -3.64. The molecule has 4 rings (SSSR count). The maximum Gasteiger partial charge on any atom is 0.264 e. The van der Waals surface area contributed by atoms with Crippen LogP contribution in [0.3, 0.4) is 0 Å². The van der Waals surface area contributed by atoms with Gasteiger partial charge in [0.2, 0.25) is 12.0 Å². The number of anilines is 2. The van der Waals surface area contributed by atoms with Crippen LogP contribution in [0.25, 0.3) is 5.57 Å². The summed E-state index contributed by atoms with van der Waals surface area (Å²) in [5, 5.41) is 5.31. The SMILES string of the molecule is CC1CN(c2cc(F)c(/C(=C/CN3CCCC3)CNC=O)cc2NC(=O)c2c[nH]c(=O)cc2C(F)F)CC(C)N1C. The van der Waals surface area contributed by atoms with Crippen LogP contribution in [0, 0.1) is 5.82 Å². The number of benzene rings is 1. The van der Waals surface area contributed by atoms with Gasteiger partial charge in [-0.2, -0.15) is 0 Å². The number of piperazine rings is 1. The number of likely N-dealkylation sites (N-methyl/N-ethyl adjacent to an activating group) is 1. The predicted octanol–water partition coefficient (Wildman–Crippen LogP) is 3.46. The zero-order valence-corrected chi connectivity index (χ0v) is 23.6. The highest BCUT2D eigenvalue weighted by Gasteiger charge is 2.30. The molecule has 9 nitrogen and oxygen atoms in total. The molecule has 2 atom stereocenters. The number of nitrogens with zero attached hydrogens (tertiary/aromatic N) is 3. The molecule has 2 aliphatic rings. The van der Waals surface area contributed by atoms with Crippen molar-refractivity contribution in [2.45, 2.75) is 45.2 Å². The van der Waals surface area contributed by atoms with Gasteiger partial charge in [0.05, 0.1) is 16.9 Å². The van der Waals surface area contributed by atoms with Crippen LogP contribution >= 0.6 is 0 Å². The number of aromatic amines is 1. The van der Waals surface area contributed by atoms with Crippen LogP contribution in [-0.2, 0) is 4.79 Å². The maximum absolute atomic E-state index is 15.8. The van der Waals surface area contributed by atoms with Crippen LogP contribution in [0.15, 0.2) is 35.3 Å². The largest absolute Gasteiger partial charge is 0.367 e. The molecule has 0 spiro atoms. The van der Waals surface area contributed by atoms with E-state index in [1.54, 1.807) is 0 Å². The molecule has 2 unspecified atom stereocenters. The quantitative estimate of drug-likeness (QED) is 0.376. The predicted molar refractivity (Wildman–Crippen MR) is 153 cm³/mol. The van der Waals surface area contributed by atoms with Crippen LogP contribution in [-0.4, -0.2) is 85.5 Å². The summed E-state index contributed by atoms with van der Waals surface area (Å²) in [6.07, 6.45) is 2.48. The summed E-state index contributed by atoms with van der Waals surface area (Å²) in [5.41, 5.74) is -0.472. The van der Waals surface area contributed by atoms with Gasteiger partial charge in [0.25, 0.3) is 12.3 Å². The normalized spacial score (nSPS) is 20.5. The van der Waals surface area contributed by atoms with Gasteiger partial charge < -0.3 is 20.5 Å². The molecule has 0 saturated carbocycles. The molecular formula is C29H37F3N6O3. The molecule has 2 fully saturated rings. The maximum atomic E-state index is 15.8. The number of rotatable bonds is 10. The fourth-order valence-electron chi connectivity index (χ4n) is 5.46. The molecule has 41 heavy (non-hydrogen) atoms. The zero-order valence-electron chi connectivity index (χ0n) is 23.6. The van der Waals surface area contributed by atoms with Gasteiger partial charge in [0.15, 0.2) is 0 Å². The molecule has 0 aliphatic carbocycles. The van der Waals surface area contributed by atoms with E-state index >= 15 is 4.39 Å². The standard InChI is InChI=1S/C29H37F3N6O3/c1-18-15-38(16-19(2)36(18)3)26-12-24(30)21(20(13-33-17-39)6-9-37-7-4-5-8-37)10-25(26)35-29(41)23-14-34-27(40)11-22(23)28(31)32/h6,10-12,14,17-19,28H,4-5,7-9,13,15-16H2,1-3H3,(H,33,39)(H,34,40)(H,35,41)/b20-6+. The second kappa shape index (κ2) is 13.3. The number of likely N-dealkylation sites (tertiary alicyclic amines) is 1. The van der Waals surface area contributed by atoms with Crippen molar-refractivity contribution in [2.24, 2.45) is 0 Å². The van der Waals surface area contributed by atoms with E-state index < -0.39 is 29.3 Å². The van der Waals surface area contributed by atoms with Crippen LogP contribution < -0.4 is 21.1 Å². The van der Waals surface area contributed by atoms with Crippen LogP contribution in [0.5, 0.6) is 0 Å². The van der Waals surface area contributed by atoms with Gasteiger partial charge in [-0.3, -0.25) is 24.2 Å². The number of carbonyl (C=O) groups excluding carboxylic acids is 2. The van der Waals surface area contributed by atoms with Crippen molar-refractivity contribution in [2.75, 3.05) is 56.5 Å². The van der Waals surface area contributed by atoms with E-state index in [1.165, 1.54) is 12.1 Å². The molecule has 2 aliphatic heterocycles. The molecule has 12 heteroatoms. The van der Waals surface area contributed by atoms with E-state index in [4.69, 9.17) is 0 Å². The van der Waals surface area contributed by atoms with Gasteiger partial charge >= 0.3 is 0 Å². The number of hydrogen-bond donors (Lipinski definition) is 3. The number of carbonyl (C=O) groups is 2. The molecule has 0 bridgehead atoms. The van der Waals surface area contributed by atoms with Crippen molar-refractivity contribution < 1.29 is 22.8 Å². The van der Waals surface area contributed by atoms with Crippen LogP contribution in [0.4, 0.5) is 24.5 Å². The highest BCUT2D eigenvalue weighted by Crippen LogP contribution is 2.35. The van der Waals surface area contributed by atoms with Crippen molar-refractivity contribution in [3.8, 4) is 0 Å². The summed E-state index contributed by atoms with van der Waals surface area (Å²) < 4.78 is 43.3. The van der Waals surface area contributed by atoms with Crippen LogP contribution in [0.2, 0.25) is 0 Å². The number of hydrogen-bond acceptors (Lipinski definition) is 6. The lowest BCUT2D eigenvalue weighted by Crippen LogP contribution is -2.55. The van der Waals surface area contributed by atoms with Crippen molar-refractivity contribution in [1.29, 1.82) is 0 Å². The number of amides is 2. The summed E-state index contributed by atoms with van der Waals surface area (Å²) in [6, 6.07) is 3.79. The lowest BCUT2D eigenvalue weighted by Gasteiger charge is -2.44. The number of pyridine rings is 1. The third kappa shape index (κ3) is 7.17. The van der Waals surface area contributed by atoms with Gasteiger partial charge in [-0.05, 0) is 64.5 Å². The van der Waals surface area contributed by atoms with E-state index in [0.29, 0.717) is 43.4 Å². The van der Waals surface area contributed by atoms with Gasteiger partial charge in [-0.1, -0.05) is 6.08 Å². The minimum absolute atomic E-state index is 0.0685. The summed E-state index contributed by atoms with van der Waals surface area (Å²) in [6.45, 7) is 7.69. The Kier molecular flexibility index (Phi) is 9.87. The fraction of sp³-hybridized carbons (Fsp3) is 0.483. The summed E-state index contributed by atoms with van der Waals surface area (Å²) in [4.78, 5) is 44.8. The average molecular weight is 575 g/mol. The molecule has 1 aromatic heterocycles. The third-order valence-electron chi connectivity index (χ3n) is 7.99. The molecule has 2 saturated heterocycles. The first-order chi connectivity index (χ1) is 19.6. The van der Waals surface area contributed by atoms with E-state index in [2.05, 4.69) is 25.4 Å². The first kappa shape index (κ1) is 30.3. The molecule has 3 N–H and O–H groups in total. The highest BCUT2D eigenvalue weighted by atomic mass is 19.3. The van der Waals surface area contributed by atoms with Gasteiger partial charge in [0, 0.05) is 61.7 Å². The average Bonchev–Trinajstić information content (AvgIpc) is 3.46. The minimum atomic E-state index is -3.05. The second-order valence-electron chi connectivity index (χ2n) is 10.8. The number of alkyl halides is 2. The summed E-state index contributed by atoms with van der Waals surface area (Å²) in [7, 11) is 2.01. The van der Waals surface area contributed by atoms with E-state index in [-0.39, 0.29) is 35.4 Å². The molecule has 2 aromatic rings. The number of H-pyrrole nitrogens is 1. The van der Waals surface area contributed by atoms with E-state index in [9.17, 15) is 23.2 Å². The third-order valence-corrected chi connectivity index (χ3v) is 7.99. The molecule has 2 amide bonds. The molecular weight excluding hydrogens is 537 g/mol. The molecule has 1 aromatic carbocycles. The Morgan fingerprint density at radius 2 is 1.80 bits per heavy atom. The van der Waals surface area contributed by atoms with E-state index in [1.807, 2.05) is 31.9 Å². The number of nitrogens with one attached hydrogen (secondary N) is 3. The monoisotopic (exact) mass is 574 g/mol. The Bertz CT molecular complexity index is 1330. The van der Waals surface area contributed by atoms with Crippen molar-refractivity contribution in [1.82, 2.24) is 20.1 Å². The lowest BCUT2D eigenvalue weighted by atomic mass is 10.0. The number of halogens is 3. The van der Waals surface area contributed by atoms with E-state index in [0.717, 1.165) is 32.1 Å². The molecule has 3 heterocycles. The second-order valence-corrected chi connectivity index (χ2v) is 10.8. The van der Waals surface area contributed by atoms with Crippen molar-refractivity contribution in [3.05, 3.63) is 63.3 Å². The first-order valence-corrected chi connectivity index (χ1v) is 13.8. The van der Waals surface area contributed by atoms with Crippen LogP contribution in [0.1, 0.15) is 54.6 Å². The topological polar surface area (TPSA) is 101 Å². The number of aromatic nitrogens is 1. The van der Waals surface area contributed by atoms with Crippen molar-refractivity contribution in [3.63, 3.8) is 0 Å². The lowest BCUT2D eigenvalue weighted by molar-refractivity contribution is -0.109. The van der Waals surface area contributed by atoms with Crippen molar-refractivity contribution >= 4 is 29.3 Å². The first-order valence-electron chi connectivity index (χ1n) is 13.8. The molecule has 222 valence electrons.